The molecule has 2 aromatic rings. The van der Waals surface area contributed by atoms with E-state index in [-0.39, 0.29) is 5.75 Å². The normalized spacial score (nSPS) is 17.7. The number of aromatic hydroxyl groups is 1. The number of nitrogens with zero attached hydrogens (tertiary/aromatic N) is 4. The average Bonchev–Trinajstić information content (AvgIpc) is 2.91. The van der Waals surface area contributed by atoms with Crippen molar-refractivity contribution in [3.63, 3.8) is 0 Å². The van der Waals surface area contributed by atoms with E-state index in [9.17, 15) is 5.11 Å². The summed E-state index contributed by atoms with van der Waals surface area (Å²) in [6.07, 6.45) is 6.28. The first-order valence-corrected chi connectivity index (χ1v) is 9.22. The quantitative estimate of drug-likeness (QED) is 0.863. The predicted octanol–water partition coefficient (Wildman–Crippen LogP) is 2.81. The topological polar surface area (TPSA) is 73.1 Å². The molecule has 6 heteroatoms. The molecule has 0 radical (unpaired) electrons. The van der Waals surface area contributed by atoms with Crippen molar-refractivity contribution in [2.75, 3.05) is 26.2 Å². The second-order valence-electron chi connectivity index (χ2n) is 6.87. The largest absolute Gasteiger partial charge is 0.507 e. The Balaban J connectivity index is 1.64. The maximum absolute atomic E-state index is 10.6. The molecule has 1 aromatic carbocycles. The number of rotatable bonds is 2. The van der Waals surface area contributed by atoms with Crippen molar-refractivity contribution in [2.24, 2.45) is 10.2 Å². The van der Waals surface area contributed by atoms with Crippen LogP contribution in [0.25, 0.3) is 11.1 Å². The third kappa shape index (κ3) is 3.90. The molecule has 0 saturated carbocycles. The lowest BCUT2D eigenvalue weighted by Crippen LogP contribution is -2.46. The van der Waals surface area contributed by atoms with Gasteiger partial charge in [0.2, 0.25) is 0 Å². The number of nitrogens with one attached hydrogen (secondary N) is 1. The number of benzene rings is 1. The van der Waals surface area contributed by atoms with Crippen LogP contribution in [-0.2, 0) is 0 Å². The van der Waals surface area contributed by atoms with E-state index in [1.165, 1.54) is 5.57 Å². The number of phenols is 1. The summed E-state index contributed by atoms with van der Waals surface area (Å²) >= 11 is 0. The Kier molecular flexibility index (Phi) is 4.98. The van der Waals surface area contributed by atoms with Gasteiger partial charge in [-0.2, -0.15) is 0 Å². The summed E-state index contributed by atoms with van der Waals surface area (Å²) in [6.45, 7) is 5.91. The molecule has 1 aromatic heterocycles. The lowest BCUT2D eigenvalue weighted by molar-refractivity contribution is 0.352. The van der Waals surface area contributed by atoms with Crippen molar-refractivity contribution in [3.8, 4) is 16.9 Å². The minimum atomic E-state index is 0.202. The second kappa shape index (κ2) is 7.72. The molecule has 2 N–H and O–H groups in total. The Morgan fingerprint density at radius 3 is 2.52 bits per heavy atom. The zero-order valence-corrected chi connectivity index (χ0v) is 15.4. The lowest BCUT2D eigenvalue weighted by Gasteiger charge is -2.29. The maximum atomic E-state index is 10.6. The molecule has 138 valence electrons. The van der Waals surface area contributed by atoms with E-state index >= 15 is 0 Å². The highest BCUT2D eigenvalue weighted by Gasteiger charge is 2.18. The lowest BCUT2D eigenvalue weighted by atomic mass is 10.0. The Bertz CT molecular complexity index is 911. The summed E-state index contributed by atoms with van der Waals surface area (Å²) in [4.78, 5) is 6.32. The van der Waals surface area contributed by atoms with E-state index in [2.05, 4.69) is 32.3 Å². The summed E-state index contributed by atoms with van der Waals surface area (Å²) in [7, 11) is 0. The van der Waals surface area contributed by atoms with Gasteiger partial charge < -0.3 is 15.3 Å². The Labute approximate surface area is 159 Å². The van der Waals surface area contributed by atoms with Gasteiger partial charge in [0.15, 0.2) is 0 Å². The number of hydrogen-bond donors (Lipinski definition) is 2. The molecule has 2 aliphatic heterocycles. The van der Waals surface area contributed by atoms with Gasteiger partial charge in [0.05, 0.1) is 5.71 Å². The number of phenolic OH excluding ortho intramolecular Hbond substituents is 1. The highest BCUT2D eigenvalue weighted by molar-refractivity contribution is 6.12. The minimum Gasteiger partial charge on any atom is -0.507 e. The van der Waals surface area contributed by atoms with Crippen molar-refractivity contribution < 1.29 is 5.11 Å². The van der Waals surface area contributed by atoms with E-state index < -0.39 is 0 Å². The summed E-state index contributed by atoms with van der Waals surface area (Å²) in [6, 6.07) is 9.50. The fourth-order valence-electron chi connectivity index (χ4n) is 3.41. The smallest absolute Gasteiger partial charge is 0.131 e. The first kappa shape index (κ1) is 17.4. The van der Waals surface area contributed by atoms with E-state index in [0.29, 0.717) is 11.3 Å². The molecule has 1 fully saturated rings. The number of pyridine rings is 1. The van der Waals surface area contributed by atoms with Gasteiger partial charge in [0.1, 0.15) is 11.6 Å². The second-order valence-corrected chi connectivity index (χ2v) is 6.87. The first-order valence-electron chi connectivity index (χ1n) is 9.22. The third-order valence-corrected chi connectivity index (χ3v) is 4.86. The van der Waals surface area contributed by atoms with Crippen molar-refractivity contribution in [1.82, 2.24) is 15.2 Å². The van der Waals surface area contributed by atoms with Crippen LogP contribution in [0.4, 0.5) is 0 Å². The average molecular weight is 361 g/mol. The molecule has 0 aliphatic carbocycles. The Morgan fingerprint density at radius 2 is 1.78 bits per heavy atom. The standard InChI is InChI=1S/C21H23N5O/c1-15-12-19(24-25-21(13-15)26-10-8-23-9-11-26)18-3-2-17(14-20(18)27)16-4-6-22-7-5-16/h2-7,12,14,23,27H,8-11,13H2,1H3. The molecule has 0 unspecified atom stereocenters. The SMILES string of the molecule is CC1=CC(c2ccc(-c3ccncc3)cc2O)=NN=C(N2CCNCC2)C1. The molecule has 0 bridgehead atoms. The fraction of sp³-hybridized carbons (Fsp3) is 0.286. The number of aromatic nitrogens is 1. The van der Waals surface area contributed by atoms with Gasteiger partial charge in [-0.05, 0) is 48.4 Å². The number of allylic oxidation sites excluding steroid dienone is 1. The van der Waals surface area contributed by atoms with E-state index in [1.807, 2.05) is 30.3 Å². The van der Waals surface area contributed by atoms with Gasteiger partial charge in [-0.3, -0.25) is 4.98 Å². The van der Waals surface area contributed by atoms with E-state index in [1.54, 1.807) is 18.5 Å². The van der Waals surface area contributed by atoms with Crippen LogP contribution in [0.3, 0.4) is 0 Å². The summed E-state index contributed by atoms with van der Waals surface area (Å²) < 4.78 is 0. The molecule has 0 atom stereocenters. The third-order valence-electron chi connectivity index (χ3n) is 4.86. The monoisotopic (exact) mass is 361 g/mol. The van der Waals surface area contributed by atoms with Crippen molar-refractivity contribution in [3.05, 3.63) is 59.9 Å². The molecule has 27 heavy (non-hydrogen) atoms. The van der Waals surface area contributed by atoms with Crippen molar-refractivity contribution >= 4 is 11.5 Å². The van der Waals surface area contributed by atoms with Crippen LogP contribution in [-0.4, -0.2) is 52.7 Å². The molecule has 3 heterocycles. The minimum absolute atomic E-state index is 0.202. The summed E-state index contributed by atoms with van der Waals surface area (Å²) in [5.74, 6) is 1.20. The van der Waals surface area contributed by atoms with Crippen LogP contribution in [0.5, 0.6) is 5.75 Å². The molecule has 2 aliphatic rings. The van der Waals surface area contributed by atoms with Crippen LogP contribution >= 0.6 is 0 Å². The highest BCUT2D eigenvalue weighted by atomic mass is 16.3. The van der Waals surface area contributed by atoms with Crippen LogP contribution in [0.2, 0.25) is 0 Å². The van der Waals surface area contributed by atoms with E-state index in [0.717, 1.165) is 49.6 Å². The number of piperazine rings is 1. The number of amidine groups is 1. The molecule has 0 amide bonds. The molecular weight excluding hydrogens is 338 g/mol. The molecule has 1 saturated heterocycles. The van der Waals surface area contributed by atoms with Gasteiger partial charge in [-0.15, -0.1) is 10.2 Å². The molecule has 0 spiro atoms. The summed E-state index contributed by atoms with van der Waals surface area (Å²) in [5, 5.41) is 22.9. The molecule has 4 rings (SSSR count). The van der Waals surface area contributed by atoms with Crippen LogP contribution in [0.15, 0.2) is 64.6 Å². The fourth-order valence-corrected chi connectivity index (χ4v) is 3.41. The van der Waals surface area contributed by atoms with Gasteiger partial charge in [0.25, 0.3) is 0 Å². The van der Waals surface area contributed by atoms with E-state index in [4.69, 9.17) is 0 Å². The number of hydrogen-bond acceptors (Lipinski definition) is 6. The zero-order chi connectivity index (χ0) is 18.6. The van der Waals surface area contributed by atoms with Gasteiger partial charge in [-0.1, -0.05) is 11.6 Å². The first-order chi connectivity index (χ1) is 13.2. The zero-order valence-electron chi connectivity index (χ0n) is 15.4. The summed E-state index contributed by atoms with van der Waals surface area (Å²) in [5.41, 5.74) is 4.52. The van der Waals surface area contributed by atoms with Crippen LogP contribution < -0.4 is 5.32 Å². The molecular formula is C21H23N5O. The van der Waals surface area contributed by atoms with Crippen LogP contribution in [0.1, 0.15) is 18.9 Å². The van der Waals surface area contributed by atoms with Crippen LogP contribution in [0, 0.1) is 0 Å². The maximum Gasteiger partial charge on any atom is 0.131 e. The van der Waals surface area contributed by atoms with Gasteiger partial charge in [-0.25, -0.2) is 0 Å². The van der Waals surface area contributed by atoms with Gasteiger partial charge >= 0.3 is 0 Å². The van der Waals surface area contributed by atoms with Crippen molar-refractivity contribution in [2.45, 2.75) is 13.3 Å². The predicted molar refractivity (Wildman–Crippen MR) is 108 cm³/mol. The van der Waals surface area contributed by atoms with Crippen molar-refractivity contribution in [1.29, 1.82) is 0 Å². The Hall–Kier alpha value is -2.99. The van der Waals surface area contributed by atoms with Gasteiger partial charge in [0, 0.05) is 50.6 Å². The highest BCUT2D eigenvalue weighted by Crippen LogP contribution is 2.28. The Morgan fingerprint density at radius 1 is 1.00 bits per heavy atom. The molecule has 6 nitrogen and oxygen atoms in total.